The van der Waals surface area contributed by atoms with Gasteiger partial charge in [0.25, 0.3) is 0 Å². The van der Waals surface area contributed by atoms with Crippen molar-refractivity contribution in [1.29, 1.82) is 0 Å². The lowest BCUT2D eigenvalue weighted by Crippen LogP contribution is -2.29. The van der Waals surface area contributed by atoms with Crippen LogP contribution in [0, 0.1) is 11.6 Å². The summed E-state index contributed by atoms with van der Waals surface area (Å²) in [5.41, 5.74) is 4.34. The van der Waals surface area contributed by atoms with E-state index in [-0.39, 0.29) is 11.4 Å². The highest BCUT2D eigenvalue weighted by Crippen LogP contribution is 2.58. The van der Waals surface area contributed by atoms with E-state index >= 15 is 8.78 Å². The van der Waals surface area contributed by atoms with Crippen LogP contribution in [0.4, 0.5) is 31.5 Å². The van der Waals surface area contributed by atoms with E-state index in [1.165, 1.54) is 22.2 Å². The van der Waals surface area contributed by atoms with Crippen LogP contribution in [0.5, 0.6) is 0 Å². The molecule has 0 aliphatic heterocycles. The Bertz CT molecular complexity index is 1760. The number of halogens is 2. The molecular formula is C33H36F2N12. The average Bonchev–Trinajstić information content (AvgIpc) is 3.31. The maximum atomic E-state index is 15.9. The molecular weight excluding hydrogens is 602 g/mol. The van der Waals surface area contributed by atoms with Crippen LogP contribution < -0.4 is 0 Å². The molecule has 0 heterocycles. The van der Waals surface area contributed by atoms with E-state index in [0.717, 1.165) is 22.3 Å². The summed E-state index contributed by atoms with van der Waals surface area (Å²) < 4.78 is 31.9. The first kappa shape index (κ1) is 32.7. The fourth-order valence-electron chi connectivity index (χ4n) is 5.41. The van der Waals surface area contributed by atoms with Crippen LogP contribution in [0.1, 0.15) is 22.3 Å². The molecule has 1 aliphatic rings. The Morgan fingerprint density at radius 1 is 0.447 bits per heavy atom. The highest BCUT2D eigenvalue weighted by molar-refractivity contribution is 5.88. The van der Waals surface area contributed by atoms with Gasteiger partial charge in [-0.3, -0.25) is 20.0 Å². The molecule has 0 bridgehead atoms. The minimum atomic E-state index is -1.23. The number of hydrogen-bond donors (Lipinski definition) is 0. The summed E-state index contributed by atoms with van der Waals surface area (Å²) in [6.07, 6.45) is 0. The molecule has 242 valence electrons. The lowest BCUT2D eigenvalue weighted by Gasteiger charge is -2.34. The smallest absolute Gasteiger partial charge is 0.151 e. The lowest BCUT2D eigenvalue weighted by atomic mass is 9.67. The molecule has 0 aromatic heterocycles. The van der Waals surface area contributed by atoms with Crippen LogP contribution in [0.25, 0.3) is 11.1 Å². The van der Waals surface area contributed by atoms with Crippen molar-refractivity contribution >= 4 is 22.7 Å². The number of rotatable bonds is 10. The fourth-order valence-corrected chi connectivity index (χ4v) is 5.41. The van der Waals surface area contributed by atoms with Crippen LogP contribution in [0.2, 0.25) is 0 Å². The predicted octanol–water partition coefficient (Wildman–Crippen LogP) is 8.57. The van der Waals surface area contributed by atoms with Gasteiger partial charge in [0.15, 0.2) is 11.6 Å². The molecule has 0 amide bonds. The third-order valence-electron chi connectivity index (χ3n) is 7.21. The number of hydrogen-bond acceptors (Lipinski definition) is 8. The van der Waals surface area contributed by atoms with Crippen molar-refractivity contribution in [2.75, 3.05) is 56.4 Å². The molecule has 0 saturated carbocycles. The zero-order valence-electron chi connectivity index (χ0n) is 27.6. The van der Waals surface area contributed by atoms with Gasteiger partial charge in [-0.2, -0.15) is 0 Å². The highest BCUT2D eigenvalue weighted by Gasteiger charge is 2.47. The van der Waals surface area contributed by atoms with Gasteiger partial charge >= 0.3 is 0 Å². The molecule has 4 aromatic rings. The van der Waals surface area contributed by atoms with Crippen molar-refractivity contribution in [3.63, 3.8) is 0 Å². The summed E-state index contributed by atoms with van der Waals surface area (Å²) >= 11 is 0. The Labute approximate surface area is 272 Å². The van der Waals surface area contributed by atoms with Gasteiger partial charge in [0.2, 0.25) is 0 Å². The van der Waals surface area contributed by atoms with Gasteiger partial charge < -0.3 is 0 Å². The van der Waals surface area contributed by atoms with E-state index in [0.29, 0.717) is 22.5 Å². The molecule has 5 rings (SSSR count). The second-order valence-electron chi connectivity index (χ2n) is 11.7. The Kier molecular flexibility index (Phi) is 9.31. The maximum Gasteiger partial charge on any atom is 0.151 e. The minimum absolute atomic E-state index is 0.0590. The SMILES string of the molecule is CN(C)N=Nc1ccc2c(c1)C(c1ccc(N=NN(C)C)c(F)c1)(c1ccc(N=NN(C)C)c(F)c1)c1cc(N=NN(C)C)ccc1-2. The van der Waals surface area contributed by atoms with Gasteiger partial charge in [-0.25, -0.2) is 8.78 Å². The number of benzene rings is 4. The van der Waals surface area contributed by atoms with Crippen molar-refractivity contribution in [1.82, 2.24) is 20.0 Å². The number of nitrogens with zero attached hydrogens (tertiary/aromatic N) is 12. The van der Waals surface area contributed by atoms with Crippen molar-refractivity contribution in [3.8, 4) is 11.1 Å². The Morgan fingerprint density at radius 3 is 1.15 bits per heavy atom. The first-order chi connectivity index (χ1) is 22.4. The Morgan fingerprint density at radius 2 is 0.809 bits per heavy atom. The Hall–Kier alpha value is -5.66. The molecule has 0 spiro atoms. The third kappa shape index (κ3) is 6.66. The molecule has 0 N–H and O–H groups in total. The molecule has 4 aromatic carbocycles. The fraction of sp³-hybridized carbons (Fsp3) is 0.273. The summed E-state index contributed by atoms with van der Waals surface area (Å²) in [7, 11) is 13.9. The standard InChI is InChI=1S/C33H36F2N12/c1-44(2)40-36-23-11-13-25-26-14-12-24(37-41-45(3)4)20-28(26)33(27(25)19-23,21-9-15-31(29(34)17-21)38-42-46(5)6)22-10-16-32(30(35)18-22)39-43-47(7)8/h9-20H,1-8H3. The van der Waals surface area contributed by atoms with E-state index in [4.69, 9.17) is 0 Å². The molecule has 0 atom stereocenters. The summed E-state index contributed by atoms with van der Waals surface area (Å²) in [5, 5.41) is 39.4. The summed E-state index contributed by atoms with van der Waals surface area (Å²) in [6, 6.07) is 21.0. The van der Waals surface area contributed by atoms with Crippen LogP contribution in [-0.4, -0.2) is 76.4 Å². The second-order valence-corrected chi connectivity index (χ2v) is 11.7. The lowest BCUT2D eigenvalue weighted by molar-refractivity contribution is 0.407. The summed E-state index contributed by atoms with van der Waals surface area (Å²) in [5.74, 6) is -1.18. The Balaban J connectivity index is 1.88. The zero-order valence-corrected chi connectivity index (χ0v) is 27.6. The third-order valence-corrected chi connectivity index (χ3v) is 7.21. The van der Waals surface area contributed by atoms with E-state index < -0.39 is 17.0 Å². The van der Waals surface area contributed by atoms with E-state index in [1.54, 1.807) is 90.7 Å². The van der Waals surface area contributed by atoms with Crippen molar-refractivity contribution in [2.24, 2.45) is 41.4 Å². The molecule has 14 heteroatoms. The van der Waals surface area contributed by atoms with Crippen molar-refractivity contribution in [3.05, 3.63) is 107 Å². The quantitative estimate of drug-likeness (QED) is 0.113. The minimum Gasteiger partial charge on any atom is -0.285 e. The van der Waals surface area contributed by atoms with Gasteiger partial charge in [-0.05, 0) is 81.9 Å². The van der Waals surface area contributed by atoms with E-state index in [1.807, 2.05) is 36.4 Å². The van der Waals surface area contributed by atoms with Crippen molar-refractivity contribution in [2.45, 2.75) is 5.41 Å². The van der Waals surface area contributed by atoms with Crippen LogP contribution in [0.3, 0.4) is 0 Å². The monoisotopic (exact) mass is 638 g/mol. The maximum absolute atomic E-state index is 15.9. The van der Waals surface area contributed by atoms with E-state index in [9.17, 15) is 0 Å². The second kappa shape index (κ2) is 13.4. The van der Waals surface area contributed by atoms with E-state index in [2.05, 4.69) is 41.4 Å². The van der Waals surface area contributed by atoms with Crippen LogP contribution in [-0.2, 0) is 5.41 Å². The van der Waals surface area contributed by atoms with Gasteiger partial charge in [-0.15, -0.1) is 20.5 Å². The first-order valence-electron chi connectivity index (χ1n) is 14.7. The van der Waals surface area contributed by atoms with Gasteiger partial charge in [0, 0.05) is 56.4 Å². The summed E-state index contributed by atoms with van der Waals surface area (Å²) in [6.45, 7) is 0. The first-order valence-corrected chi connectivity index (χ1v) is 14.7. The van der Waals surface area contributed by atoms with Gasteiger partial charge in [0.05, 0.1) is 16.8 Å². The van der Waals surface area contributed by atoms with Crippen LogP contribution >= 0.6 is 0 Å². The van der Waals surface area contributed by atoms with Gasteiger partial charge in [0.1, 0.15) is 11.4 Å². The average molecular weight is 639 g/mol. The largest absolute Gasteiger partial charge is 0.285 e. The number of fused-ring (bicyclic) bond motifs is 3. The molecule has 0 unspecified atom stereocenters. The molecule has 0 radical (unpaired) electrons. The van der Waals surface area contributed by atoms with Gasteiger partial charge in [-0.1, -0.05) is 45.2 Å². The normalized spacial score (nSPS) is 15.6. The molecule has 1 aliphatic carbocycles. The molecule has 0 saturated heterocycles. The predicted molar refractivity (Wildman–Crippen MR) is 176 cm³/mol. The van der Waals surface area contributed by atoms with Crippen molar-refractivity contribution < 1.29 is 8.78 Å². The zero-order chi connectivity index (χ0) is 33.9. The molecule has 0 fully saturated rings. The highest BCUT2D eigenvalue weighted by atomic mass is 19.1. The topological polar surface area (TPSA) is 112 Å². The summed E-state index contributed by atoms with van der Waals surface area (Å²) in [4.78, 5) is 0. The van der Waals surface area contributed by atoms with Crippen LogP contribution in [0.15, 0.2) is 114 Å². The molecule has 47 heavy (non-hydrogen) atoms. The molecule has 12 nitrogen and oxygen atoms in total.